The Labute approximate surface area is 213 Å². The van der Waals surface area contributed by atoms with Crippen LogP contribution in [-0.2, 0) is 0 Å². The van der Waals surface area contributed by atoms with Gasteiger partial charge in [0, 0.05) is 42.3 Å². The fourth-order valence-electron chi connectivity index (χ4n) is 4.76. The molecule has 0 spiro atoms. The molecule has 2 atom stereocenters. The maximum atomic E-state index is 14.1. The van der Waals surface area contributed by atoms with Gasteiger partial charge in [0.2, 0.25) is 11.8 Å². The zero-order valence-corrected chi connectivity index (χ0v) is 20.5. The highest BCUT2D eigenvalue weighted by Gasteiger charge is 2.28. The Bertz CT molecular complexity index is 1480. The molecule has 10 heteroatoms. The molecular weight excluding hydrogens is 475 g/mol. The molecule has 2 aromatic heterocycles. The highest BCUT2D eigenvalue weighted by atomic mass is 19.1. The van der Waals surface area contributed by atoms with Gasteiger partial charge in [-0.3, -0.25) is 0 Å². The molecular formula is C27H27FN6O3. The van der Waals surface area contributed by atoms with E-state index >= 15 is 0 Å². The van der Waals surface area contributed by atoms with E-state index in [1.54, 1.807) is 36.7 Å². The quantitative estimate of drug-likeness (QED) is 0.313. The standard InChI is InChI=1S/C27H27FN6O3/c1-15-12-17(14-34(13-15)27(35)36)32-26-31-11-9-22(33-26)20-4-3-10-30-25(20)37-24-16(2)5-6-18-19(24)7-8-21(28)23(18)29/h3-11,15,17H,12-14,29H2,1-2H3,(H,35,36)(H,31,32,33)/t15-,17-/m0/s1. The second kappa shape index (κ2) is 9.88. The smallest absolute Gasteiger partial charge is 0.407 e. The van der Waals surface area contributed by atoms with E-state index in [0.717, 1.165) is 12.0 Å². The van der Waals surface area contributed by atoms with Crippen LogP contribution in [0.4, 0.5) is 20.8 Å². The van der Waals surface area contributed by atoms with E-state index in [2.05, 4.69) is 20.3 Å². The largest absolute Gasteiger partial charge is 0.465 e. The van der Waals surface area contributed by atoms with Crippen LogP contribution in [0, 0.1) is 18.7 Å². The minimum atomic E-state index is -0.932. The number of hydrogen-bond acceptors (Lipinski definition) is 7. The molecule has 0 unspecified atom stereocenters. The van der Waals surface area contributed by atoms with Crippen molar-refractivity contribution < 1.29 is 19.0 Å². The Balaban J connectivity index is 1.46. The lowest BCUT2D eigenvalue weighted by molar-refractivity contribution is 0.119. The monoisotopic (exact) mass is 502 g/mol. The predicted octanol–water partition coefficient (Wildman–Crippen LogP) is 5.31. The summed E-state index contributed by atoms with van der Waals surface area (Å²) in [4.78, 5) is 26.3. The number of nitrogens with zero attached hydrogens (tertiary/aromatic N) is 4. The van der Waals surface area contributed by atoms with Crippen LogP contribution in [-0.4, -0.2) is 50.2 Å². The first-order chi connectivity index (χ1) is 17.8. The summed E-state index contributed by atoms with van der Waals surface area (Å²) >= 11 is 0. The van der Waals surface area contributed by atoms with Crippen LogP contribution in [0.1, 0.15) is 18.9 Å². The minimum absolute atomic E-state index is 0.0635. The SMILES string of the molecule is Cc1ccc2c(N)c(F)ccc2c1Oc1ncccc1-c1ccnc(N[C@H]2C[C@H](C)CN(C(=O)O)C2)n1. The average Bonchev–Trinajstić information content (AvgIpc) is 2.88. The number of likely N-dealkylation sites (tertiary alicyclic amines) is 1. The molecule has 0 saturated carbocycles. The molecule has 2 aromatic carbocycles. The lowest BCUT2D eigenvalue weighted by atomic mass is 9.96. The zero-order valence-electron chi connectivity index (χ0n) is 20.5. The van der Waals surface area contributed by atoms with Gasteiger partial charge in [-0.1, -0.05) is 19.1 Å². The maximum Gasteiger partial charge on any atom is 0.407 e. The molecule has 0 radical (unpaired) electrons. The maximum absolute atomic E-state index is 14.1. The number of nitrogen functional groups attached to an aromatic ring is 1. The Morgan fingerprint density at radius 2 is 1.95 bits per heavy atom. The highest BCUT2D eigenvalue weighted by Crippen LogP contribution is 2.38. The summed E-state index contributed by atoms with van der Waals surface area (Å²) in [5, 5.41) is 13.9. The number of anilines is 2. The van der Waals surface area contributed by atoms with Crippen molar-refractivity contribution in [2.45, 2.75) is 26.3 Å². The number of benzene rings is 2. The summed E-state index contributed by atoms with van der Waals surface area (Å²) in [6.45, 7) is 4.79. The number of nitrogens with one attached hydrogen (secondary N) is 1. The van der Waals surface area contributed by atoms with Crippen LogP contribution in [0.2, 0.25) is 0 Å². The van der Waals surface area contributed by atoms with Gasteiger partial charge in [-0.25, -0.2) is 24.1 Å². The van der Waals surface area contributed by atoms with Crippen LogP contribution in [0.3, 0.4) is 0 Å². The van der Waals surface area contributed by atoms with Crippen molar-refractivity contribution in [2.24, 2.45) is 5.92 Å². The summed E-state index contributed by atoms with van der Waals surface area (Å²) in [5.74, 6) is 0.979. The van der Waals surface area contributed by atoms with E-state index in [4.69, 9.17) is 10.5 Å². The number of pyridine rings is 1. The molecule has 37 heavy (non-hydrogen) atoms. The highest BCUT2D eigenvalue weighted by molar-refractivity contribution is 5.98. The Hall–Kier alpha value is -4.47. The van der Waals surface area contributed by atoms with Crippen LogP contribution >= 0.6 is 0 Å². The summed E-state index contributed by atoms with van der Waals surface area (Å²) in [5.41, 5.74) is 8.11. The van der Waals surface area contributed by atoms with Gasteiger partial charge in [0.05, 0.1) is 16.9 Å². The number of carboxylic acid groups (broad SMARTS) is 1. The lowest BCUT2D eigenvalue weighted by Crippen LogP contribution is -2.47. The molecule has 1 fully saturated rings. The summed E-state index contributed by atoms with van der Waals surface area (Å²) in [6, 6.07) is 11.8. The van der Waals surface area contributed by atoms with E-state index < -0.39 is 11.9 Å². The van der Waals surface area contributed by atoms with Gasteiger partial charge < -0.3 is 25.8 Å². The van der Waals surface area contributed by atoms with E-state index in [1.165, 1.54) is 11.0 Å². The number of nitrogens with two attached hydrogens (primary N) is 1. The van der Waals surface area contributed by atoms with Crippen LogP contribution in [0.5, 0.6) is 11.6 Å². The van der Waals surface area contributed by atoms with Crippen molar-refractivity contribution in [1.82, 2.24) is 19.9 Å². The number of piperidine rings is 1. The third kappa shape index (κ3) is 4.95. The van der Waals surface area contributed by atoms with Gasteiger partial charge in [-0.05, 0) is 55.2 Å². The fourth-order valence-corrected chi connectivity index (χ4v) is 4.76. The molecule has 4 aromatic rings. The summed E-state index contributed by atoms with van der Waals surface area (Å²) in [6.07, 6.45) is 3.13. The molecule has 1 amide bonds. The van der Waals surface area contributed by atoms with Crippen molar-refractivity contribution >= 4 is 28.5 Å². The normalized spacial score (nSPS) is 17.5. The van der Waals surface area contributed by atoms with Crippen molar-refractivity contribution in [2.75, 3.05) is 24.1 Å². The van der Waals surface area contributed by atoms with Gasteiger partial charge in [0.1, 0.15) is 11.6 Å². The number of aromatic nitrogens is 3. The van der Waals surface area contributed by atoms with Gasteiger partial charge in [-0.15, -0.1) is 0 Å². The van der Waals surface area contributed by atoms with Crippen LogP contribution in [0.15, 0.2) is 54.9 Å². The van der Waals surface area contributed by atoms with Gasteiger partial charge in [0.25, 0.3) is 0 Å². The Kier molecular flexibility index (Phi) is 6.47. The van der Waals surface area contributed by atoms with Crippen molar-refractivity contribution in [3.8, 4) is 22.9 Å². The van der Waals surface area contributed by atoms with E-state index in [1.807, 2.05) is 26.0 Å². The molecule has 1 aliphatic heterocycles. The number of carbonyl (C=O) groups is 1. The van der Waals surface area contributed by atoms with Crippen molar-refractivity contribution in [3.63, 3.8) is 0 Å². The molecule has 1 saturated heterocycles. The van der Waals surface area contributed by atoms with Crippen molar-refractivity contribution in [3.05, 3.63) is 66.2 Å². The molecule has 190 valence electrons. The molecule has 1 aliphatic rings. The molecule has 0 aliphatic carbocycles. The van der Waals surface area contributed by atoms with Crippen LogP contribution in [0.25, 0.3) is 22.0 Å². The molecule has 9 nitrogen and oxygen atoms in total. The number of halogens is 1. The van der Waals surface area contributed by atoms with Crippen LogP contribution < -0.4 is 15.8 Å². The summed E-state index contributed by atoms with van der Waals surface area (Å²) in [7, 11) is 0. The molecule has 4 N–H and O–H groups in total. The van der Waals surface area contributed by atoms with Crippen molar-refractivity contribution in [1.29, 1.82) is 0 Å². The number of rotatable bonds is 5. The number of hydrogen-bond donors (Lipinski definition) is 3. The molecule has 3 heterocycles. The zero-order chi connectivity index (χ0) is 26.1. The van der Waals surface area contributed by atoms with E-state index in [-0.39, 0.29) is 17.6 Å². The van der Waals surface area contributed by atoms with Gasteiger partial charge >= 0.3 is 6.09 Å². The van der Waals surface area contributed by atoms with Gasteiger partial charge in [0.15, 0.2) is 0 Å². The first kappa shape index (κ1) is 24.2. The second-order valence-corrected chi connectivity index (χ2v) is 9.36. The number of aryl methyl sites for hydroxylation is 1. The average molecular weight is 503 g/mol. The Morgan fingerprint density at radius 1 is 1.14 bits per heavy atom. The van der Waals surface area contributed by atoms with E-state index in [0.29, 0.717) is 52.7 Å². The first-order valence-electron chi connectivity index (χ1n) is 12.0. The minimum Gasteiger partial charge on any atom is -0.465 e. The predicted molar refractivity (Wildman–Crippen MR) is 139 cm³/mol. The molecule has 0 bridgehead atoms. The number of amides is 1. The Morgan fingerprint density at radius 3 is 2.76 bits per heavy atom. The fraction of sp³-hybridized carbons (Fsp3) is 0.259. The lowest BCUT2D eigenvalue weighted by Gasteiger charge is -2.35. The topological polar surface area (TPSA) is 126 Å². The summed E-state index contributed by atoms with van der Waals surface area (Å²) < 4.78 is 20.4. The third-order valence-electron chi connectivity index (χ3n) is 6.50. The number of fused-ring (bicyclic) bond motifs is 1. The first-order valence-corrected chi connectivity index (χ1v) is 12.0. The third-order valence-corrected chi connectivity index (χ3v) is 6.50. The second-order valence-electron chi connectivity index (χ2n) is 9.36. The van der Waals surface area contributed by atoms with E-state index in [9.17, 15) is 14.3 Å². The molecule has 5 rings (SSSR count). The number of ether oxygens (including phenoxy) is 1. The van der Waals surface area contributed by atoms with Gasteiger partial charge in [-0.2, -0.15) is 0 Å².